The van der Waals surface area contributed by atoms with Crippen LogP contribution >= 0.6 is 11.3 Å². The molecule has 0 saturated carbocycles. The fourth-order valence-corrected chi connectivity index (χ4v) is 4.97. The van der Waals surface area contributed by atoms with Crippen LogP contribution < -0.4 is 10.6 Å². The summed E-state index contributed by atoms with van der Waals surface area (Å²) in [7, 11) is 0. The van der Waals surface area contributed by atoms with Gasteiger partial charge in [-0.25, -0.2) is 4.99 Å². The Kier molecular flexibility index (Phi) is 6.59. The summed E-state index contributed by atoms with van der Waals surface area (Å²) in [5.41, 5.74) is 0. The maximum absolute atomic E-state index is 4.80. The fraction of sp³-hybridized carbons (Fsp3) is 0.650. The molecule has 0 radical (unpaired) electrons. The van der Waals surface area contributed by atoms with Crippen LogP contribution in [0.1, 0.15) is 55.2 Å². The second-order valence-electron chi connectivity index (χ2n) is 7.49. The van der Waals surface area contributed by atoms with E-state index < -0.39 is 0 Å². The lowest BCUT2D eigenvalue weighted by molar-refractivity contribution is 0.249. The van der Waals surface area contributed by atoms with E-state index in [0.717, 1.165) is 43.7 Å². The van der Waals surface area contributed by atoms with Crippen molar-refractivity contribution in [1.82, 2.24) is 30.3 Å². The van der Waals surface area contributed by atoms with Crippen LogP contribution in [0.4, 0.5) is 0 Å². The molecule has 152 valence electrons. The van der Waals surface area contributed by atoms with E-state index in [1.165, 1.54) is 43.6 Å². The van der Waals surface area contributed by atoms with Gasteiger partial charge in [-0.3, -0.25) is 4.90 Å². The van der Waals surface area contributed by atoms with Crippen molar-refractivity contribution in [2.24, 2.45) is 4.99 Å². The lowest BCUT2D eigenvalue weighted by Crippen LogP contribution is -2.42. The molecular formula is C20H31N7S. The zero-order valence-corrected chi connectivity index (χ0v) is 17.5. The molecule has 28 heavy (non-hydrogen) atoms. The van der Waals surface area contributed by atoms with Gasteiger partial charge in [0.25, 0.3) is 0 Å². The first-order valence-electron chi connectivity index (χ1n) is 10.6. The van der Waals surface area contributed by atoms with E-state index in [9.17, 15) is 0 Å². The van der Waals surface area contributed by atoms with Crippen LogP contribution in [-0.2, 0) is 19.5 Å². The van der Waals surface area contributed by atoms with Gasteiger partial charge in [-0.1, -0.05) is 6.07 Å². The fourth-order valence-electron chi connectivity index (χ4n) is 4.11. The summed E-state index contributed by atoms with van der Waals surface area (Å²) in [5.74, 6) is 2.94. The average molecular weight is 402 g/mol. The quantitative estimate of drug-likeness (QED) is 0.551. The van der Waals surface area contributed by atoms with Gasteiger partial charge in [0.1, 0.15) is 12.4 Å². The van der Waals surface area contributed by atoms with Gasteiger partial charge in [0.2, 0.25) is 0 Å². The number of likely N-dealkylation sites (tertiary alicyclic amines) is 1. The largest absolute Gasteiger partial charge is 0.357 e. The molecule has 1 unspecified atom stereocenters. The van der Waals surface area contributed by atoms with Crippen LogP contribution in [0.2, 0.25) is 0 Å². The molecule has 2 aromatic rings. The monoisotopic (exact) mass is 401 g/mol. The van der Waals surface area contributed by atoms with Gasteiger partial charge in [0, 0.05) is 30.9 Å². The lowest BCUT2D eigenvalue weighted by Gasteiger charge is -2.27. The van der Waals surface area contributed by atoms with Crippen molar-refractivity contribution in [3.05, 3.63) is 34.0 Å². The standard InChI is InChI=1S/C20H31N7S/c1-2-21-20(23-15-19-25-24-18-9-3-4-12-27(18)19)22-14-16(17-8-7-13-28-17)26-10-5-6-11-26/h7-8,13,16H,2-6,9-12,14-15H2,1H3,(H2,21,22,23). The van der Waals surface area contributed by atoms with Crippen LogP contribution in [0.15, 0.2) is 22.5 Å². The molecule has 7 nitrogen and oxygen atoms in total. The Morgan fingerprint density at radius 1 is 1.18 bits per heavy atom. The highest BCUT2D eigenvalue weighted by atomic mass is 32.1. The van der Waals surface area contributed by atoms with Gasteiger partial charge in [-0.15, -0.1) is 21.5 Å². The van der Waals surface area contributed by atoms with Crippen LogP contribution in [0, 0.1) is 0 Å². The van der Waals surface area contributed by atoms with Crippen LogP contribution in [0.5, 0.6) is 0 Å². The number of aryl methyl sites for hydroxylation is 1. The number of rotatable bonds is 7. The first-order valence-corrected chi connectivity index (χ1v) is 11.4. The summed E-state index contributed by atoms with van der Waals surface area (Å²) in [6.45, 7) is 7.77. The van der Waals surface area contributed by atoms with E-state index in [-0.39, 0.29) is 0 Å². The minimum Gasteiger partial charge on any atom is -0.357 e. The molecule has 0 aliphatic carbocycles. The maximum atomic E-state index is 4.80. The third kappa shape index (κ3) is 4.55. The third-order valence-corrected chi connectivity index (χ3v) is 6.55. The minimum atomic E-state index is 0.409. The Balaban J connectivity index is 1.42. The van der Waals surface area contributed by atoms with Gasteiger partial charge in [0.15, 0.2) is 11.8 Å². The summed E-state index contributed by atoms with van der Waals surface area (Å²) >= 11 is 1.85. The highest BCUT2D eigenvalue weighted by Crippen LogP contribution is 2.27. The predicted molar refractivity (Wildman–Crippen MR) is 114 cm³/mol. The Hall–Kier alpha value is -1.93. The molecule has 4 rings (SSSR count). The Bertz CT molecular complexity index is 762. The molecular weight excluding hydrogens is 370 g/mol. The van der Waals surface area contributed by atoms with Crippen molar-refractivity contribution < 1.29 is 0 Å². The number of aromatic nitrogens is 3. The van der Waals surface area contributed by atoms with Crippen molar-refractivity contribution in [2.45, 2.75) is 58.2 Å². The number of thiophene rings is 1. The molecule has 0 spiro atoms. The minimum absolute atomic E-state index is 0.409. The smallest absolute Gasteiger partial charge is 0.191 e. The molecule has 2 N–H and O–H groups in total. The topological polar surface area (TPSA) is 70.4 Å². The zero-order chi connectivity index (χ0) is 19.2. The number of guanidine groups is 1. The van der Waals surface area contributed by atoms with Gasteiger partial charge in [0.05, 0.1) is 6.04 Å². The molecule has 0 bridgehead atoms. The van der Waals surface area contributed by atoms with E-state index in [4.69, 9.17) is 4.99 Å². The van der Waals surface area contributed by atoms with E-state index >= 15 is 0 Å². The number of nitrogens with zero attached hydrogens (tertiary/aromatic N) is 5. The average Bonchev–Trinajstić information content (AvgIpc) is 3.48. The second kappa shape index (κ2) is 9.52. The van der Waals surface area contributed by atoms with Gasteiger partial charge in [-0.05, 0) is 57.1 Å². The zero-order valence-electron chi connectivity index (χ0n) is 16.7. The van der Waals surface area contributed by atoms with Gasteiger partial charge in [-0.2, -0.15) is 0 Å². The molecule has 0 amide bonds. The highest BCUT2D eigenvalue weighted by Gasteiger charge is 2.24. The normalized spacial score (nSPS) is 18.8. The van der Waals surface area contributed by atoms with E-state index in [0.29, 0.717) is 12.6 Å². The summed E-state index contributed by atoms with van der Waals surface area (Å²) < 4.78 is 2.25. The molecule has 1 saturated heterocycles. The molecule has 8 heteroatoms. The van der Waals surface area contributed by atoms with Gasteiger partial charge < -0.3 is 15.2 Å². The molecule has 0 aromatic carbocycles. The summed E-state index contributed by atoms with van der Waals surface area (Å²) in [6.07, 6.45) is 6.06. The second-order valence-corrected chi connectivity index (χ2v) is 8.47. The molecule has 1 atom stereocenters. The third-order valence-electron chi connectivity index (χ3n) is 5.57. The number of hydrogen-bond donors (Lipinski definition) is 2. The summed E-state index contributed by atoms with van der Waals surface area (Å²) in [4.78, 5) is 8.82. The van der Waals surface area contributed by atoms with Crippen molar-refractivity contribution in [2.75, 3.05) is 26.2 Å². The van der Waals surface area contributed by atoms with Crippen molar-refractivity contribution in [1.29, 1.82) is 0 Å². The maximum Gasteiger partial charge on any atom is 0.191 e. The molecule has 2 aromatic heterocycles. The van der Waals surface area contributed by atoms with Crippen molar-refractivity contribution >= 4 is 17.3 Å². The Labute approximate surface area is 171 Å². The Morgan fingerprint density at radius 3 is 2.82 bits per heavy atom. The SMILES string of the molecule is CCNC(=NCc1nnc2n1CCCC2)NCC(c1cccs1)N1CCCC1. The predicted octanol–water partition coefficient (Wildman–Crippen LogP) is 2.57. The van der Waals surface area contributed by atoms with E-state index in [1.807, 2.05) is 11.3 Å². The first-order chi connectivity index (χ1) is 13.8. The van der Waals surface area contributed by atoms with Crippen LogP contribution in [0.3, 0.4) is 0 Å². The van der Waals surface area contributed by atoms with Crippen molar-refractivity contribution in [3.63, 3.8) is 0 Å². The van der Waals surface area contributed by atoms with Crippen LogP contribution in [-0.4, -0.2) is 51.8 Å². The summed E-state index contributed by atoms with van der Waals surface area (Å²) in [5, 5.41) is 17.8. The highest BCUT2D eigenvalue weighted by molar-refractivity contribution is 7.10. The number of nitrogens with one attached hydrogen (secondary N) is 2. The van der Waals surface area contributed by atoms with Crippen molar-refractivity contribution in [3.8, 4) is 0 Å². The van der Waals surface area contributed by atoms with E-state index in [1.54, 1.807) is 0 Å². The van der Waals surface area contributed by atoms with E-state index in [2.05, 4.69) is 54.7 Å². The van der Waals surface area contributed by atoms with Crippen LogP contribution in [0.25, 0.3) is 0 Å². The molecule has 4 heterocycles. The number of fused-ring (bicyclic) bond motifs is 1. The van der Waals surface area contributed by atoms with Gasteiger partial charge >= 0.3 is 0 Å². The lowest BCUT2D eigenvalue weighted by atomic mass is 10.2. The summed E-state index contributed by atoms with van der Waals surface area (Å²) in [6, 6.07) is 4.81. The molecule has 2 aliphatic heterocycles. The number of aliphatic imine (C=N–C) groups is 1. The Morgan fingerprint density at radius 2 is 2.04 bits per heavy atom. The first kappa shape index (κ1) is 19.4. The number of hydrogen-bond acceptors (Lipinski definition) is 5. The molecule has 1 fully saturated rings. The molecule has 2 aliphatic rings.